The maximum atomic E-state index is 9.39. The molecule has 17 heavy (non-hydrogen) atoms. The minimum absolute atomic E-state index is 0.138. The number of H-pyrrole nitrogens is 1. The van der Waals surface area contributed by atoms with E-state index in [1.54, 1.807) is 12.3 Å². The fourth-order valence-corrected chi connectivity index (χ4v) is 1.82. The molecule has 3 rings (SSSR count). The smallest absolute Gasteiger partial charge is 0.140 e. The Labute approximate surface area is 98.0 Å². The van der Waals surface area contributed by atoms with Crippen molar-refractivity contribution in [3.63, 3.8) is 0 Å². The fraction of sp³-hybridized carbons (Fsp3) is 0.0769. The summed E-state index contributed by atoms with van der Waals surface area (Å²) < 4.78 is 0. The van der Waals surface area contributed by atoms with Gasteiger partial charge in [-0.3, -0.25) is 4.98 Å². The second-order valence-corrected chi connectivity index (χ2v) is 4.04. The summed E-state index contributed by atoms with van der Waals surface area (Å²) in [5, 5.41) is 9.39. The number of nitrogens with one attached hydrogen (secondary N) is 1. The topological polar surface area (TPSA) is 61.8 Å². The van der Waals surface area contributed by atoms with Gasteiger partial charge in [0.1, 0.15) is 11.6 Å². The Morgan fingerprint density at radius 1 is 1.18 bits per heavy atom. The normalized spacial score (nSPS) is 10.9. The zero-order valence-corrected chi connectivity index (χ0v) is 9.31. The molecule has 4 heteroatoms. The van der Waals surface area contributed by atoms with Gasteiger partial charge in [-0.05, 0) is 30.7 Å². The number of rotatable bonds is 1. The highest BCUT2D eigenvalue weighted by Gasteiger charge is 2.06. The number of imidazole rings is 1. The SMILES string of the molecule is Cc1ccc2nc(-c3cncc(O)c3)[nH]c2c1. The molecule has 1 aromatic carbocycles. The summed E-state index contributed by atoms with van der Waals surface area (Å²) in [6.07, 6.45) is 3.07. The van der Waals surface area contributed by atoms with E-state index < -0.39 is 0 Å². The first-order valence-electron chi connectivity index (χ1n) is 5.33. The molecule has 0 unspecified atom stereocenters. The van der Waals surface area contributed by atoms with Crippen LogP contribution >= 0.6 is 0 Å². The molecule has 0 saturated carbocycles. The van der Waals surface area contributed by atoms with E-state index in [2.05, 4.69) is 15.0 Å². The number of aromatic nitrogens is 3. The minimum atomic E-state index is 0.138. The number of aryl methyl sites for hydroxylation is 1. The molecular formula is C13H11N3O. The third-order valence-electron chi connectivity index (χ3n) is 2.63. The van der Waals surface area contributed by atoms with E-state index in [1.807, 2.05) is 25.1 Å². The third kappa shape index (κ3) is 1.73. The van der Waals surface area contributed by atoms with E-state index in [0.29, 0.717) is 5.82 Å². The number of hydrogen-bond donors (Lipinski definition) is 2. The fourth-order valence-electron chi connectivity index (χ4n) is 1.82. The number of hydrogen-bond acceptors (Lipinski definition) is 3. The summed E-state index contributed by atoms with van der Waals surface area (Å²) >= 11 is 0. The van der Waals surface area contributed by atoms with E-state index in [0.717, 1.165) is 16.6 Å². The second kappa shape index (κ2) is 3.59. The first-order valence-corrected chi connectivity index (χ1v) is 5.33. The second-order valence-electron chi connectivity index (χ2n) is 4.04. The Bertz CT molecular complexity index is 688. The van der Waals surface area contributed by atoms with Crippen LogP contribution in [0.3, 0.4) is 0 Å². The van der Waals surface area contributed by atoms with Gasteiger partial charge in [0.05, 0.1) is 17.2 Å². The molecule has 2 heterocycles. The summed E-state index contributed by atoms with van der Waals surface area (Å²) in [5.74, 6) is 0.855. The third-order valence-corrected chi connectivity index (χ3v) is 2.63. The van der Waals surface area contributed by atoms with Gasteiger partial charge in [0.25, 0.3) is 0 Å². The van der Waals surface area contributed by atoms with Crippen LogP contribution in [-0.2, 0) is 0 Å². The molecule has 0 aliphatic rings. The Hall–Kier alpha value is -2.36. The minimum Gasteiger partial charge on any atom is -0.506 e. The van der Waals surface area contributed by atoms with Crippen molar-refractivity contribution in [3.05, 3.63) is 42.2 Å². The van der Waals surface area contributed by atoms with Gasteiger partial charge >= 0.3 is 0 Å². The lowest BCUT2D eigenvalue weighted by Crippen LogP contribution is -1.81. The van der Waals surface area contributed by atoms with Crippen molar-refractivity contribution in [1.29, 1.82) is 0 Å². The summed E-state index contributed by atoms with van der Waals surface area (Å²) in [6, 6.07) is 7.67. The van der Waals surface area contributed by atoms with Gasteiger partial charge in [-0.2, -0.15) is 0 Å². The molecule has 2 aromatic heterocycles. The van der Waals surface area contributed by atoms with Crippen molar-refractivity contribution >= 4 is 11.0 Å². The lowest BCUT2D eigenvalue weighted by molar-refractivity contribution is 0.473. The van der Waals surface area contributed by atoms with Gasteiger partial charge in [0.2, 0.25) is 0 Å². The molecule has 0 aliphatic heterocycles. The Morgan fingerprint density at radius 3 is 2.88 bits per heavy atom. The highest BCUT2D eigenvalue weighted by Crippen LogP contribution is 2.22. The molecule has 0 amide bonds. The lowest BCUT2D eigenvalue weighted by atomic mass is 10.2. The van der Waals surface area contributed by atoms with E-state index in [-0.39, 0.29) is 5.75 Å². The Balaban J connectivity index is 2.18. The quantitative estimate of drug-likeness (QED) is 0.669. The molecule has 0 atom stereocenters. The van der Waals surface area contributed by atoms with Crippen LogP contribution in [0.5, 0.6) is 5.75 Å². The molecule has 4 nitrogen and oxygen atoms in total. The number of benzene rings is 1. The van der Waals surface area contributed by atoms with Crippen molar-refractivity contribution in [2.75, 3.05) is 0 Å². The van der Waals surface area contributed by atoms with Crippen LogP contribution in [0.2, 0.25) is 0 Å². The standard InChI is InChI=1S/C13H11N3O/c1-8-2-3-11-12(4-8)16-13(15-11)9-5-10(17)7-14-6-9/h2-7,17H,1H3,(H,15,16). The maximum absolute atomic E-state index is 9.39. The number of nitrogens with zero attached hydrogens (tertiary/aromatic N) is 2. The van der Waals surface area contributed by atoms with Crippen molar-refractivity contribution in [2.45, 2.75) is 6.92 Å². The van der Waals surface area contributed by atoms with Gasteiger partial charge in [-0.25, -0.2) is 4.98 Å². The van der Waals surface area contributed by atoms with Crippen molar-refractivity contribution in [3.8, 4) is 17.1 Å². The highest BCUT2D eigenvalue weighted by molar-refractivity contribution is 5.79. The average Bonchev–Trinajstić information content (AvgIpc) is 2.72. The molecule has 2 N–H and O–H groups in total. The van der Waals surface area contributed by atoms with Gasteiger partial charge in [-0.15, -0.1) is 0 Å². The van der Waals surface area contributed by atoms with Crippen molar-refractivity contribution < 1.29 is 5.11 Å². The van der Waals surface area contributed by atoms with Gasteiger partial charge in [-0.1, -0.05) is 6.07 Å². The predicted octanol–water partition coefficient (Wildman–Crippen LogP) is 2.64. The summed E-state index contributed by atoms with van der Waals surface area (Å²) in [6.45, 7) is 2.04. The molecule has 84 valence electrons. The van der Waals surface area contributed by atoms with Crippen LogP contribution < -0.4 is 0 Å². The molecule has 0 fully saturated rings. The Morgan fingerprint density at radius 2 is 2.06 bits per heavy atom. The zero-order chi connectivity index (χ0) is 11.8. The predicted molar refractivity (Wildman–Crippen MR) is 65.7 cm³/mol. The largest absolute Gasteiger partial charge is 0.506 e. The highest BCUT2D eigenvalue weighted by atomic mass is 16.3. The molecule has 0 radical (unpaired) electrons. The molecule has 0 bridgehead atoms. The molecular weight excluding hydrogens is 214 g/mol. The number of pyridine rings is 1. The first-order chi connectivity index (χ1) is 8.22. The van der Waals surface area contributed by atoms with Crippen molar-refractivity contribution in [2.24, 2.45) is 0 Å². The summed E-state index contributed by atoms with van der Waals surface area (Å²) in [5.41, 5.74) is 3.86. The van der Waals surface area contributed by atoms with Gasteiger partial charge in [0, 0.05) is 11.8 Å². The average molecular weight is 225 g/mol. The van der Waals surface area contributed by atoms with Gasteiger partial charge < -0.3 is 10.1 Å². The number of aromatic hydroxyl groups is 1. The molecule has 3 aromatic rings. The first kappa shape index (κ1) is 9.84. The van der Waals surface area contributed by atoms with E-state index in [9.17, 15) is 5.11 Å². The van der Waals surface area contributed by atoms with E-state index in [1.165, 1.54) is 11.8 Å². The molecule has 0 aliphatic carbocycles. The van der Waals surface area contributed by atoms with E-state index >= 15 is 0 Å². The van der Waals surface area contributed by atoms with Gasteiger partial charge in [0.15, 0.2) is 0 Å². The molecule has 0 spiro atoms. The van der Waals surface area contributed by atoms with Crippen LogP contribution in [0.15, 0.2) is 36.7 Å². The molecule has 0 saturated heterocycles. The van der Waals surface area contributed by atoms with Crippen molar-refractivity contribution in [1.82, 2.24) is 15.0 Å². The maximum Gasteiger partial charge on any atom is 0.140 e. The van der Waals surface area contributed by atoms with Crippen LogP contribution in [0.4, 0.5) is 0 Å². The van der Waals surface area contributed by atoms with Crippen LogP contribution in [-0.4, -0.2) is 20.1 Å². The number of fused-ring (bicyclic) bond motifs is 1. The zero-order valence-electron chi connectivity index (χ0n) is 9.31. The lowest BCUT2D eigenvalue weighted by Gasteiger charge is -1.95. The number of aromatic amines is 1. The van der Waals surface area contributed by atoms with Crippen LogP contribution in [0.25, 0.3) is 22.4 Å². The Kier molecular flexibility index (Phi) is 2.08. The van der Waals surface area contributed by atoms with Crippen LogP contribution in [0.1, 0.15) is 5.56 Å². The monoisotopic (exact) mass is 225 g/mol. The summed E-state index contributed by atoms with van der Waals surface area (Å²) in [4.78, 5) is 11.6. The van der Waals surface area contributed by atoms with E-state index in [4.69, 9.17) is 0 Å². The summed E-state index contributed by atoms with van der Waals surface area (Å²) in [7, 11) is 0. The van der Waals surface area contributed by atoms with Crippen LogP contribution in [0, 0.1) is 6.92 Å².